The van der Waals surface area contributed by atoms with Gasteiger partial charge in [-0.05, 0) is 45.1 Å². The molecule has 0 bridgehead atoms. The van der Waals surface area contributed by atoms with Crippen molar-refractivity contribution < 1.29 is 0 Å². The Morgan fingerprint density at radius 3 is 2.76 bits per heavy atom. The Hall–Kier alpha value is -1.69. The average Bonchev–Trinajstić information content (AvgIpc) is 2.80. The number of rotatable bonds is 1. The van der Waals surface area contributed by atoms with Gasteiger partial charge in [0.2, 0.25) is 0 Å². The Balaban J connectivity index is 2.27. The number of aromatic nitrogens is 2. The van der Waals surface area contributed by atoms with Crippen molar-refractivity contribution in [1.82, 2.24) is 14.6 Å². The first-order valence-corrected chi connectivity index (χ1v) is 8.07. The molecule has 2 aromatic rings. The molecule has 1 aliphatic carbocycles. The molecule has 0 aromatic carbocycles. The molecule has 2 aromatic heterocycles. The van der Waals surface area contributed by atoms with Crippen molar-refractivity contribution in [2.75, 3.05) is 14.1 Å². The molecular weight excluding hydrogens is 284 g/mol. The fraction of sp³-hybridized carbons (Fsp3) is 0.533. The van der Waals surface area contributed by atoms with E-state index in [0.717, 1.165) is 35.3 Å². The number of thiophene rings is 1. The summed E-state index contributed by atoms with van der Waals surface area (Å²) in [4.78, 5) is 21.6. The van der Waals surface area contributed by atoms with Gasteiger partial charge in [0, 0.05) is 19.0 Å². The fourth-order valence-electron chi connectivity index (χ4n) is 2.65. The lowest BCUT2D eigenvalue weighted by atomic mass is 9.97. The number of fused-ring (bicyclic) bond motifs is 3. The van der Waals surface area contributed by atoms with E-state index in [2.05, 4.69) is 10.1 Å². The van der Waals surface area contributed by atoms with Gasteiger partial charge in [-0.15, -0.1) is 11.3 Å². The molecule has 0 radical (unpaired) electrons. The van der Waals surface area contributed by atoms with Crippen LogP contribution in [0.3, 0.4) is 0 Å². The molecule has 0 aliphatic heterocycles. The van der Waals surface area contributed by atoms with Gasteiger partial charge in [0.1, 0.15) is 16.5 Å². The van der Waals surface area contributed by atoms with Gasteiger partial charge < -0.3 is 4.90 Å². The lowest BCUT2D eigenvalue weighted by Crippen LogP contribution is -2.26. The molecule has 0 unspecified atom stereocenters. The molecule has 3 rings (SSSR count). The Morgan fingerprint density at radius 1 is 1.33 bits per heavy atom. The highest BCUT2D eigenvalue weighted by Crippen LogP contribution is 2.33. The van der Waals surface area contributed by atoms with Crippen LogP contribution in [0.5, 0.6) is 0 Å². The first-order chi connectivity index (χ1) is 9.99. The quantitative estimate of drug-likeness (QED) is 0.600. The van der Waals surface area contributed by atoms with Gasteiger partial charge in [0.25, 0.3) is 5.56 Å². The molecular formula is C15H20N4OS. The van der Waals surface area contributed by atoms with E-state index in [4.69, 9.17) is 0 Å². The highest BCUT2D eigenvalue weighted by Gasteiger charge is 2.21. The number of nitrogens with zero attached hydrogens (tertiary/aromatic N) is 4. The van der Waals surface area contributed by atoms with Crippen LogP contribution in [-0.2, 0) is 12.8 Å². The Morgan fingerprint density at radius 2 is 2.05 bits per heavy atom. The minimum atomic E-state index is -0.0295. The van der Waals surface area contributed by atoms with Crippen LogP contribution < -0.4 is 5.56 Å². The van der Waals surface area contributed by atoms with Crippen LogP contribution in [0.4, 0.5) is 0 Å². The lowest BCUT2D eigenvalue weighted by molar-refractivity contribution is 0.600. The normalized spacial score (nSPS) is 15.3. The Bertz CT molecular complexity index is 785. The topological polar surface area (TPSA) is 50.5 Å². The minimum absolute atomic E-state index is 0.0295. The summed E-state index contributed by atoms with van der Waals surface area (Å²) in [5, 5.41) is 5.21. The van der Waals surface area contributed by atoms with Gasteiger partial charge in [-0.1, -0.05) is 0 Å². The molecule has 0 saturated heterocycles. The summed E-state index contributed by atoms with van der Waals surface area (Å²) >= 11 is 1.68. The minimum Gasteiger partial charge on any atom is -0.365 e. The monoisotopic (exact) mass is 304 g/mol. The molecule has 5 nitrogen and oxygen atoms in total. The third-order valence-corrected chi connectivity index (χ3v) is 5.21. The van der Waals surface area contributed by atoms with Crippen molar-refractivity contribution in [2.45, 2.75) is 39.5 Å². The molecule has 0 spiro atoms. The van der Waals surface area contributed by atoms with E-state index in [1.807, 2.05) is 32.8 Å². The van der Waals surface area contributed by atoms with Crippen LogP contribution in [0, 0.1) is 6.92 Å². The molecule has 0 amide bonds. The summed E-state index contributed by atoms with van der Waals surface area (Å²) in [6.45, 7) is 3.73. The van der Waals surface area contributed by atoms with Gasteiger partial charge in [0.15, 0.2) is 0 Å². The third-order valence-electron chi connectivity index (χ3n) is 4.02. The Kier molecular flexibility index (Phi) is 3.57. The number of amidine groups is 1. The smallest absolute Gasteiger partial charge is 0.283 e. The van der Waals surface area contributed by atoms with Gasteiger partial charge in [-0.25, -0.2) is 4.98 Å². The van der Waals surface area contributed by atoms with Crippen molar-refractivity contribution in [3.05, 3.63) is 26.6 Å². The van der Waals surface area contributed by atoms with Crippen LogP contribution >= 0.6 is 11.3 Å². The maximum atomic E-state index is 12.8. The molecule has 0 fully saturated rings. The van der Waals surface area contributed by atoms with Crippen molar-refractivity contribution in [3.8, 4) is 0 Å². The van der Waals surface area contributed by atoms with Crippen LogP contribution in [0.1, 0.15) is 36.0 Å². The fourth-order valence-corrected chi connectivity index (χ4v) is 3.95. The van der Waals surface area contributed by atoms with Crippen LogP contribution in [0.15, 0.2) is 9.90 Å². The standard InChI is InChI=1S/C15H20N4OS/c1-9-16-14-13(11-7-5-6-8-12(11)21-14)15(20)19(9)17-10(2)18(3)4/h5-8H2,1-4H3. The van der Waals surface area contributed by atoms with Crippen LogP contribution in [-0.4, -0.2) is 34.5 Å². The predicted molar refractivity (Wildman–Crippen MR) is 87.5 cm³/mol. The summed E-state index contributed by atoms with van der Waals surface area (Å²) < 4.78 is 1.44. The maximum Gasteiger partial charge on any atom is 0.283 e. The number of aryl methyl sites for hydroxylation is 3. The number of hydrogen-bond donors (Lipinski definition) is 0. The second kappa shape index (κ2) is 5.26. The summed E-state index contributed by atoms with van der Waals surface area (Å²) in [7, 11) is 3.83. The maximum absolute atomic E-state index is 12.8. The summed E-state index contributed by atoms with van der Waals surface area (Å²) in [6, 6.07) is 0. The van der Waals surface area contributed by atoms with E-state index < -0.39 is 0 Å². The zero-order valence-corrected chi connectivity index (χ0v) is 13.8. The second-order valence-electron chi connectivity index (χ2n) is 5.71. The molecule has 0 atom stereocenters. The predicted octanol–water partition coefficient (Wildman–Crippen LogP) is 2.39. The summed E-state index contributed by atoms with van der Waals surface area (Å²) in [5.41, 5.74) is 1.18. The summed E-state index contributed by atoms with van der Waals surface area (Å²) in [6.07, 6.45) is 4.44. The first-order valence-electron chi connectivity index (χ1n) is 7.26. The van der Waals surface area contributed by atoms with Crippen molar-refractivity contribution in [3.63, 3.8) is 0 Å². The van der Waals surface area contributed by atoms with E-state index >= 15 is 0 Å². The van der Waals surface area contributed by atoms with Crippen LogP contribution in [0.25, 0.3) is 10.2 Å². The third kappa shape index (κ3) is 2.37. The molecule has 1 aliphatic rings. The molecule has 0 N–H and O–H groups in total. The van der Waals surface area contributed by atoms with Crippen molar-refractivity contribution in [1.29, 1.82) is 0 Å². The highest BCUT2D eigenvalue weighted by atomic mass is 32.1. The van der Waals surface area contributed by atoms with Crippen molar-refractivity contribution in [2.24, 2.45) is 5.10 Å². The molecule has 0 saturated carbocycles. The molecule has 21 heavy (non-hydrogen) atoms. The number of hydrogen-bond acceptors (Lipinski definition) is 4. The largest absolute Gasteiger partial charge is 0.365 e. The van der Waals surface area contributed by atoms with E-state index in [-0.39, 0.29) is 5.56 Å². The molecule has 112 valence electrons. The second-order valence-corrected chi connectivity index (χ2v) is 6.79. The van der Waals surface area contributed by atoms with E-state index in [9.17, 15) is 4.79 Å². The average molecular weight is 304 g/mol. The van der Waals surface area contributed by atoms with Gasteiger partial charge in [-0.3, -0.25) is 4.79 Å². The van der Waals surface area contributed by atoms with E-state index in [0.29, 0.717) is 5.82 Å². The zero-order chi connectivity index (χ0) is 15.1. The molecule has 6 heteroatoms. The Labute approximate surface area is 127 Å². The van der Waals surface area contributed by atoms with E-state index in [1.165, 1.54) is 21.5 Å². The first kappa shape index (κ1) is 14.3. The van der Waals surface area contributed by atoms with Gasteiger partial charge in [0.05, 0.1) is 5.39 Å². The SMILES string of the molecule is CC(=Nn1c(C)nc2sc3c(c2c1=O)CCCC3)N(C)C. The molecule has 2 heterocycles. The summed E-state index contributed by atoms with van der Waals surface area (Å²) in [5.74, 6) is 1.43. The zero-order valence-electron chi connectivity index (χ0n) is 12.9. The lowest BCUT2D eigenvalue weighted by Gasteiger charge is -2.13. The van der Waals surface area contributed by atoms with Gasteiger partial charge in [-0.2, -0.15) is 9.78 Å². The van der Waals surface area contributed by atoms with Gasteiger partial charge >= 0.3 is 0 Å². The highest BCUT2D eigenvalue weighted by molar-refractivity contribution is 7.18. The van der Waals surface area contributed by atoms with E-state index in [1.54, 1.807) is 11.3 Å². The van der Waals surface area contributed by atoms with Crippen molar-refractivity contribution >= 4 is 27.4 Å². The van der Waals surface area contributed by atoms with Crippen LogP contribution in [0.2, 0.25) is 0 Å².